The van der Waals surface area contributed by atoms with Gasteiger partial charge in [-0.1, -0.05) is 34.1 Å². The highest BCUT2D eigenvalue weighted by Gasteiger charge is 2.27. The molecule has 6 nitrogen and oxygen atoms in total. The van der Waals surface area contributed by atoms with E-state index >= 15 is 0 Å². The van der Waals surface area contributed by atoms with E-state index in [1.165, 1.54) is 18.4 Å². The smallest absolute Gasteiger partial charge is 0.243 e. The van der Waals surface area contributed by atoms with Crippen molar-refractivity contribution in [1.29, 1.82) is 0 Å². The van der Waals surface area contributed by atoms with Crippen LogP contribution in [-0.2, 0) is 21.4 Å². The lowest BCUT2D eigenvalue weighted by Crippen LogP contribution is -2.37. The maximum atomic E-state index is 13.0. The van der Waals surface area contributed by atoms with Crippen molar-refractivity contribution >= 4 is 37.5 Å². The van der Waals surface area contributed by atoms with Gasteiger partial charge in [0.25, 0.3) is 0 Å². The molecule has 0 saturated heterocycles. The summed E-state index contributed by atoms with van der Waals surface area (Å²) in [4.78, 5) is 12.6. The largest absolute Gasteiger partial charge is 0.468 e. The number of nitrogens with one attached hydrogen (secondary N) is 1. The highest BCUT2D eigenvalue weighted by molar-refractivity contribution is 9.10. The third-order valence-electron chi connectivity index (χ3n) is 3.74. The van der Waals surface area contributed by atoms with E-state index in [1.807, 2.05) is 0 Å². The standard InChI is InChI=1S/C19H17BrN2O4S/c20-15-8-10-16(11-9-15)21-19(23)14-22(13-17-5-4-12-26-17)27(24,25)18-6-2-1-3-7-18/h1-12H,13-14H2,(H,21,23). The van der Waals surface area contributed by atoms with Crippen LogP contribution < -0.4 is 5.32 Å². The number of furan rings is 1. The zero-order chi connectivity index (χ0) is 19.3. The Labute approximate surface area is 166 Å². The van der Waals surface area contributed by atoms with Crippen LogP contribution in [-0.4, -0.2) is 25.2 Å². The number of carbonyl (C=O) groups is 1. The molecule has 140 valence electrons. The van der Waals surface area contributed by atoms with Crippen molar-refractivity contribution in [3.8, 4) is 0 Å². The number of anilines is 1. The molecular formula is C19H17BrN2O4S. The average Bonchev–Trinajstić information content (AvgIpc) is 3.17. The number of hydrogen-bond acceptors (Lipinski definition) is 4. The van der Waals surface area contributed by atoms with Gasteiger partial charge in [-0.3, -0.25) is 4.79 Å². The van der Waals surface area contributed by atoms with Crippen LogP contribution in [0.15, 0.2) is 86.8 Å². The van der Waals surface area contributed by atoms with Crippen LogP contribution in [0, 0.1) is 0 Å². The van der Waals surface area contributed by atoms with Crippen LogP contribution in [0.2, 0.25) is 0 Å². The lowest BCUT2D eigenvalue weighted by atomic mass is 10.3. The lowest BCUT2D eigenvalue weighted by Gasteiger charge is -2.21. The Morgan fingerprint density at radius 3 is 2.33 bits per heavy atom. The Morgan fingerprint density at radius 2 is 1.70 bits per heavy atom. The van der Waals surface area contributed by atoms with Crippen LogP contribution in [0.3, 0.4) is 0 Å². The highest BCUT2D eigenvalue weighted by Crippen LogP contribution is 2.19. The van der Waals surface area contributed by atoms with E-state index in [9.17, 15) is 13.2 Å². The van der Waals surface area contributed by atoms with E-state index in [0.717, 1.165) is 8.78 Å². The SMILES string of the molecule is O=C(CN(Cc1ccco1)S(=O)(=O)c1ccccc1)Nc1ccc(Br)cc1. The number of carbonyl (C=O) groups excluding carboxylic acids is 1. The van der Waals surface area contributed by atoms with Gasteiger partial charge in [0.15, 0.2) is 0 Å². The normalized spacial score (nSPS) is 11.5. The van der Waals surface area contributed by atoms with Crippen molar-refractivity contribution in [2.45, 2.75) is 11.4 Å². The molecule has 8 heteroatoms. The predicted molar refractivity (Wildman–Crippen MR) is 106 cm³/mol. The first-order valence-electron chi connectivity index (χ1n) is 8.08. The van der Waals surface area contributed by atoms with Crippen molar-refractivity contribution < 1.29 is 17.6 Å². The third-order valence-corrected chi connectivity index (χ3v) is 6.08. The van der Waals surface area contributed by atoms with Crippen LogP contribution in [0.5, 0.6) is 0 Å². The van der Waals surface area contributed by atoms with Gasteiger partial charge in [-0.05, 0) is 48.5 Å². The van der Waals surface area contributed by atoms with Crippen molar-refractivity contribution in [3.63, 3.8) is 0 Å². The van der Waals surface area contributed by atoms with Crippen molar-refractivity contribution in [3.05, 3.63) is 83.2 Å². The molecule has 1 aromatic heterocycles. The molecule has 1 amide bonds. The van der Waals surface area contributed by atoms with Crippen LogP contribution in [0.1, 0.15) is 5.76 Å². The summed E-state index contributed by atoms with van der Waals surface area (Å²) in [6, 6.07) is 18.4. The molecule has 1 heterocycles. The summed E-state index contributed by atoms with van der Waals surface area (Å²) < 4.78 is 33.2. The molecule has 3 rings (SSSR count). The second kappa shape index (κ2) is 8.51. The molecule has 2 aromatic carbocycles. The predicted octanol–water partition coefficient (Wildman–Crippen LogP) is 3.87. The first-order valence-corrected chi connectivity index (χ1v) is 10.3. The Balaban J connectivity index is 1.81. The van der Waals surface area contributed by atoms with Gasteiger partial charge in [0.05, 0.1) is 24.2 Å². The number of halogens is 1. The number of hydrogen-bond donors (Lipinski definition) is 1. The molecular weight excluding hydrogens is 432 g/mol. The fourth-order valence-electron chi connectivity index (χ4n) is 2.44. The Morgan fingerprint density at radius 1 is 1.00 bits per heavy atom. The van der Waals surface area contributed by atoms with Gasteiger partial charge < -0.3 is 9.73 Å². The first kappa shape index (κ1) is 19.3. The molecule has 0 saturated carbocycles. The highest BCUT2D eigenvalue weighted by atomic mass is 79.9. The third kappa shape index (κ3) is 5.06. The molecule has 0 atom stereocenters. The number of benzene rings is 2. The quantitative estimate of drug-likeness (QED) is 0.594. The average molecular weight is 449 g/mol. The van der Waals surface area contributed by atoms with Gasteiger partial charge in [-0.25, -0.2) is 8.42 Å². The van der Waals surface area contributed by atoms with E-state index < -0.39 is 15.9 Å². The van der Waals surface area contributed by atoms with Crippen molar-refractivity contribution in [1.82, 2.24) is 4.31 Å². The number of amides is 1. The molecule has 1 N–H and O–H groups in total. The monoisotopic (exact) mass is 448 g/mol. The topological polar surface area (TPSA) is 79.6 Å². The lowest BCUT2D eigenvalue weighted by molar-refractivity contribution is -0.116. The second-order valence-electron chi connectivity index (χ2n) is 5.72. The molecule has 0 spiro atoms. The Bertz CT molecular complexity index is 988. The van der Waals surface area contributed by atoms with Crippen molar-refractivity contribution in [2.24, 2.45) is 0 Å². The summed E-state index contributed by atoms with van der Waals surface area (Å²) in [7, 11) is -3.87. The number of sulfonamides is 1. The minimum Gasteiger partial charge on any atom is -0.468 e. The molecule has 0 aliphatic carbocycles. The number of nitrogens with zero attached hydrogens (tertiary/aromatic N) is 1. The maximum absolute atomic E-state index is 13.0. The van der Waals surface area contributed by atoms with Crippen molar-refractivity contribution in [2.75, 3.05) is 11.9 Å². The molecule has 27 heavy (non-hydrogen) atoms. The fraction of sp³-hybridized carbons (Fsp3) is 0.105. The van der Waals surface area contributed by atoms with Gasteiger partial charge >= 0.3 is 0 Å². The first-order chi connectivity index (χ1) is 12.9. The van der Waals surface area contributed by atoms with Crippen LogP contribution >= 0.6 is 15.9 Å². The minimum atomic E-state index is -3.87. The second-order valence-corrected chi connectivity index (χ2v) is 8.57. The van der Waals surface area contributed by atoms with Gasteiger partial charge in [0.1, 0.15) is 5.76 Å². The zero-order valence-electron chi connectivity index (χ0n) is 14.2. The van der Waals surface area contributed by atoms with Crippen LogP contribution in [0.25, 0.3) is 0 Å². The molecule has 0 bridgehead atoms. The van der Waals surface area contributed by atoms with E-state index in [2.05, 4.69) is 21.2 Å². The van der Waals surface area contributed by atoms with Crippen LogP contribution in [0.4, 0.5) is 5.69 Å². The summed E-state index contributed by atoms with van der Waals surface area (Å²) in [5.74, 6) is 0.00864. The van der Waals surface area contributed by atoms with Gasteiger partial charge in [-0.15, -0.1) is 0 Å². The summed E-state index contributed by atoms with van der Waals surface area (Å²) in [5, 5.41) is 2.71. The molecule has 3 aromatic rings. The molecule has 0 aliphatic rings. The summed E-state index contributed by atoms with van der Waals surface area (Å²) in [6.07, 6.45) is 1.46. The molecule has 0 unspecified atom stereocenters. The molecule has 0 fully saturated rings. The molecule has 0 radical (unpaired) electrons. The molecule has 0 aliphatic heterocycles. The Kier molecular flexibility index (Phi) is 6.10. The van der Waals surface area contributed by atoms with E-state index in [1.54, 1.807) is 54.6 Å². The van der Waals surface area contributed by atoms with Gasteiger partial charge in [0, 0.05) is 10.2 Å². The fourth-order valence-corrected chi connectivity index (χ4v) is 4.09. The zero-order valence-corrected chi connectivity index (χ0v) is 16.6. The summed E-state index contributed by atoms with van der Waals surface area (Å²) in [5.41, 5.74) is 0.582. The van der Waals surface area contributed by atoms with E-state index in [-0.39, 0.29) is 18.0 Å². The Hall–Kier alpha value is -2.42. The van der Waals surface area contributed by atoms with E-state index in [4.69, 9.17) is 4.42 Å². The van der Waals surface area contributed by atoms with Gasteiger partial charge in [0.2, 0.25) is 15.9 Å². The van der Waals surface area contributed by atoms with Gasteiger partial charge in [-0.2, -0.15) is 4.31 Å². The maximum Gasteiger partial charge on any atom is 0.243 e. The number of rotatable bonds is 7. The summed E-state index contributed by atoms with van der Waals surface area (Å²) >= 11 is 3.33. The van der Waals surface area contributed by atoms with E-state index in [0.29, 0.717) is 11.4 Å². The minimum absolute atomic E-state index is 0.0437. The summed E-state index contributed by atoms with van der Waals surface area (Å²) in [6.45, 7) is -0.383.